The molecule has 0 radical (unpaired) electrons. The van der Waals surface area contributed by atoms with Crippen molar-refractivity contribution in [2.24, 2.45) is 5.18 Å². The summed E-state index contributed by atoms with van der Waals surface area (Å²) in [6, 6.07) is 4.16. The number of unbranched alkanes of at least 4 members (excludes halogenated alkanes) is 1. The Morgan fingerprint density at radius 2 is 2.18 bits per heavy atom. The molecule has 0 aliphatic rings. The molecule has 0 saturated carbocycles. The lowest BCUT2D eigenvalue weighted by molar-refractivity contribution is 0.274. The molecule has 0 aromatic carbocycles. The van der Waals surface area contributed by atoms with Crippen molar-refractivity contribution in [1.29, 1.82) is 0 Å². The van der Waals surface area contributed by atoms with E-state index in [1.54, 1.807) is 0 Å². The van der Waals surface area contributed by atoms with Crippen molar-refractivity contribution in [3.63, 3.8) is 0 Å². The Labute approximate surface area is 103 Å². The summed E-state index contributed by atoms with van der Waals surface area (Å²) < 4.78 is 0. The third-order valence-corrected chi connectivity index (χ3v) is 2.80. The average Bonchev–Trinajstić information content (AvgIpc) is 2.35. The van der Waals surface area contributed by atoms with E-state index < -0.39 is 0 Å². The van der Waals surface area contributed by atoms with Gasteiger partial charge >= 0.3 is 0 Å². The van der Waals surface area contributed by atoms with Crippen LogP contribution in [-0.4, -0.2) is 29.5 Å². The Balaban J connectivity index is 2.35. The maximum atomic E-state index is 9.97. The number of rotatable bonds is 8. The van der Waals surface area contributed by atoms with Gasteiger partial charge in [-0.2, -0.15) is 4.91 Å². The van der Waals surface area contributed by atoms with Crippen molar-refractivity contribution in [3.8, 4) is 0 Å². The van der Waals surface area contributed by atoms with Crippen LogP contribution in [0.5, 0.6) is 0 Å². The highest BCUT2D eigenvalue weighted by Crippen LogP contribution is 2.05. The maximum absolute atomic E-state index is 9.97. The molecule has 1 rings (SSSR count). The Morgan fingerprint density at radius 3 is 2.76 bits per heavy atom. The first kappa shape index (κ1) is 13.8. The summed E-state index contributed by atoms with van der Waals surface area (Å²) in [5.74, 6) is 0. The molecule has 0 atom stereocenters. The van der Waals surface area contributed by atoms with E-state index >= 15 is 0 Å². The minimum absolute atomic E-state index is 0.434. The number of hydrogen-bond donors (Lipinski definition) is 0. The van der Waals surface area contributed by atoms with E-state index in [4.69, 9.17) is 0 Å². The van der Waals surface area contributed by atoms with Crippen molar-refractivity contribution in [2.45, 2.75) is 33.2 Å². The summed E-state index contributed by atoms with van der Waals surface area (Å²) in [7, 11) is 0. The molecule has 1 aromatic heterocycles. The van der Waals surface area contributed by atoms with Gasteiger partial charge in [0.15, 0.2) is 0 Å². The van der Waals surface area contributed by atoms with Gasteiger partial charge in [0, 0.05) is 18.4 Å². The van der Waals surface area contributed by atoms with Crippen LogP contribution < -0.4 is 0 Å². The van der Waals surface area contributed by atoms with Gasteiger partial charge in [-0.15, -0.1) is 0 Å². The van der Waals surface area contributed by atoms with Gasteiger partial charge < -0.3 is 0 Å². The van der Waals surface area contributed by atoms with E-state index in [9.17, 15) is 4.91 Å². The van der Waals surface area contributed by atoms with Crippen LogP contribution in [-0.2, 0) is 6.54 Å². The molecule has 0 N–H and O–H groups in total. The van der Waals surface area contributed by atoms with Crippen LogP contribution in [0, 0.1) is 11.8 Å². The molecule has 0 spiro atoms. The average molecular weight is 235 g/mol. The zero-order valence-electron chi connectivity index (χ0n) is 10.7. The number of hydrogen-bond acceptors (Lipinski definition) is 4. The topological polar surface area (TPSA) is 45.6 Å². The third kappa shape index (κ3) is 5.54. The highest BCUT2D eigenvalue weighted by Gasteiger charge is 2.03. The molecular weight excluding hydrogens is 214 g/mol. The number of aromatic nitrogens is 1. The second kappa shape index (κ2) is 7.90. The molecule has 4 heteroatoms. The van der Waals surface area contributed by atoms with Crippen LogP contribution in [0.1, 0.15) is 31.0 Å². The predicted octanol–water partition coefficient (Wildman–Crippen LogP) is 2.76. The smallest absolute Gasteiger partial charge is 0.0811 e. The van der Waals surface area contributed by atoms with Crippen LogP contribution in [0.25, 0.3) is 0 Å². The molecular formula is C13H21N3O. The van der Waals surface area contributed by atoms with Crippen molar-refractivity contribution in [2.75, 3.05) is 19.6 Å². The fourth-order valence-corrected chi connectivity index (χ4v) is 1.71. The lowest BCUT2D eigenvalue weighted by Crippen LogP contribution is -2.24. The van der Waals surface area contributed by atoms with Crippen LogP contribution in [0.15, 0.2) is 23.5 Å². The first-order valence-electron chi connectivity index (χ1n) is 6.19. The molecule has 0 bridgehead atoms. The summed E-state index contributed by atoms with van der Waals surface area (Å²) >= 11 is 0. The lowest BCUT2D eigenvalue weighted by atomic mass is 10.2. The molecule has 1 aromatic rings. The van der Waals surface area contributed by atoms with Crippen molar-refractivity contribution < 1.29 is 0 Å². The van der Waals surface area contributed by atoms with Gasteiger partial charge in [-0.1, -0.05) is 18.2 Å². The highest BCUT2D eigenvalue weighted by atomic mass is 16.3. The summed E-state index contributed by atoms with van der Waals surface area (Å²) in [6.07, 6.45) is 3.84. The molecule has 0 amide bonds. The molecule has 0 fully saturated rings. The third-order valence-electron chi connectivity index (χ3n) is 2.80. The van der Waals surface area contributed by atoms with Gasteiger partial charge in [-0.05, 0) is 44.5 Å². The molecule has 0 unspecified atom stereocenters. The van der Waals surface area contributed by atoms with Crippen LogP contribution in [0.4, 0.5) is 0 Å². The van der Waals surface area contributed by atoms with E-state index in [-0.39, 0.29) is 0 Å². The zero-order valence-corrected chi connectivity index (χ0v) is 10.7. The van der Waals surface area contributed by atoms with E-state index in [1.165, 1.54) is 5.56 Å². The molecule has 4 nitrogen and oxygen atoms in total. The highest BCUT2D eigenvalue weighted by molar-refractivity contribution is 5.12. The summed E-state index contributed by atoms with van der Waals surface area (Å²) in [6.45, 7) is 7.54. The number of pyridine rings is 1. The largest absolute Gasteiger partial charge is 0.299 e. The second-order valence-corrected chi connectivity index (χ2v) is 4.24. The van der Waals surface area contributed by atoms with E-state index in [1.807, 2.05) is 19.2 Å². The number of nitroso groups, excluding NO2 is 1. The fraction of sp³-hybridized carbons (Fsp3) is 0.615. The molecule has 0 aliphatic heterocycles. The minimum atomic E-state index is 0.434. The Morgan fingerprint density at radius 1 is 1.35 bits per heavy atom. The number of nitrogens with zero attached hydrogens (tertiary/aromatic N) is 3. The van der Waals surface area contributed by atoms with Crippen LogP contribution >= 0.6 is 0 Å². The fourth-order valence-electron chi connectivity index (χ4n) is 1.71. The van der Waals surface area contributed by atoms with Gasteiger partial charge in [0.2, 0.25) is 0 Å². The first-order valence-corrected chi connectivity index (χ1v) is 6.19. The van der Waals surface area contributed by atoms with Crippen molar-refractivity contribution in [3.05, 3.63) is 34.5 Å². The molecule has 1 heterocycles. The van der Waals surface area contributed by atoms with Crippen molar-refractivity contribution in [1.82, 2.24) is 9.88 Å². The van der Waals surface area contributed by atoms with Gasteiger partial charge in [-0.3, -0.25) is 9.88 Å². The Kier molecular flexibility index (Phi) is 6.40. The Bertz CT molecular complexity index is 324. The van der Waals surface area contributed by atoms with Gasteiger partial charge in [0.1, 0.15) is 0 Å². The van der Waals surface area contributed by atoms with Gasteiger partial charge in [0.25, 0.3) is 0 Å². The maximum Gasteiger partial charge on any atom is 0.0811 e. The molecule has 0 saturated heterocycles. The van der Waals surface area contributed by atoms with Crippen molar-refractivity contribution >= 4 is 0 Å². The summed E-state index contributed by atoms with van der Waals surface area (Å²) in [5.41, 5.74) is 2.29. The predicted molar refractivity (Wildman–Crippen MR) is 69.8 cm³/mol. The Hall–Kier alpha value is -1.29. The molecule has 0 aliphatic carbocycles. The molecule has 94 valence electrons. The molecule has 17 heavy (non-hydrogen) atoms. The quantitative estimate of drug-likeness (QED) is 0.514. The van der Waals surface area contributed by atoms with E-state index in [0.717, 1.165) is 38.2 Å². The monoisotopic (exact) mass is 235 g/mol. The second-order valence-electron chi connectivity index (χ2n) is 4.24. The lowest BCUT2D eigenvalue weighted by Gasteiger charge is -2.19. The normalized spacial score (nSPS) is 10.8. The summed E-state index contributed by atoms with van der Waals surface area (Å²) in [4.78, 5) is 16.6. The van der Waals surface area contributed by atoms with Crippen LogP contribution in [0.2, 0.25) is 0 Å². The first-order chi connectivity index (χ1) is 8.26. The van der Waals surface area contributed by atoms with E-state index in [2.05, 4.69) is 28.1 Å². The minimum Gasteiger partial charge on any atom is -0.299 e. The van der Waals surface area contributed by atoms with Gasteiger partial charge in [0.05, 0.1) is 6.54 Å². The summed E-state index contributed by atoms with van der Waals surface area (Å²) in [5, 5.41) is 2.87. The zero-order chi connectivity index (χ0) is 12.5. The number of aryl methyl sites for hydroxylation is 1. The van der Waals surface area contributed by atoms with E-state index in [0.29, 0.717) is 6.54 Å². The van der Waals surface area contributed by atoms with Gasteiger partial charge in [-0.25, -0.2) is 0 Å². The SMILES string of the molecule is CCN(CCCCN=O)Cc1ccc(C)nc1. The standard InChI is InChI=1S/C13H21N3O/c1-3-16(9-5-4-8-15-17)11-13-7-6-12(2)14-10-13/h6-7,10H,3-5,8-9,11H2,1-2H3. The van der Waals surface area contributed by atoms with Crippen LogP contribution in [0.3, 0.4) is 0 Å².